The lowest BCUT2D eigenvalue weighted by Crippen LogP contribution is -2.27. The van der Waals surface area contributed by atoms with Crippen LogP contribution in [0, 0.1) is 55.4 Å². The van der Waals surface area contributed by atoms with E-state index in [9.17, 15) is 0 Å². The van der Waals surface area contributed by atoms with Crippen molar-refractivity contribution < 1.29 is 0 Å². The summed E-state index contributed by atoms with van der Waals surface area (Å²) in [4.78, 5) is 0. The summed E-state index contributed by atoms with van der Waals surface area (Å²) in [5.41, 5.74) is 43.8. The Labute approximate surface area is 625 Å². The van der Waals surface area contributed by atoms with Crippen LogP contribution in [-0.2, 0) is 16.2 Å². The van der Waals surface area contributed by atoms with E-state index in [-0.39, 0.29) is 16.2 Å². The Morgan fingerprint density at radius 2 is 0.333 bits per heavy atom. The fourth-order valence-electron chi connectivity index (χ4n) is 17.9. The van der Waals surface area contributed by atoms with Gasteiger partial charge in [-0.2, -0.15) is 0 Å². The fourth-order valence-corrected chi connectivity index (χ4v) is 17.9. The molecule has 0 nitrogen and oxygen atoms in total. The molecule has 15 aromatic rings. The van der Waals surface area contributed by atoms with Crippen molar-refractivity contribution in [2.24, 2.45) is 0 Å². The Bertz CT molecular complexity index is 5210. The van der Waals surface area contributed by atoms with Crippen molar-refractivity contribution in [3.8, 4) is 66.8 Å². The first-order chi connectivity index (χ1) is 51.4. The maximum Gasteiger partial charge on any atom is 0.0730 e. The predicted octanol–water partition coefficient (Wildman–Crippen LogP) is 27.7. The van der Waals surface area contributed by atoms with E-state index in [1.165, 1.54) is 178 Å². The van der Waals surface area contributed by atoms with Gasteiger partial charge in [-0.05, 0) is 200 Å². The molecular weight excluding hydrogens is 1260 g/mol. The molecule has 0 aliphatic heterocycles. The van der Waals surface area contributed by atoms with Gasteiger partial charge in [0.05, 0.1) is 16.2 Å². The Morgan fingerprint density at radius 3 is 0.571 bits per heavy atom. The number of hydrogen-bond donors (Lipinski definition) is 0. The predicted molar refractivity (Wildman–Crippen MR) is 448 cm³/mol. The van der Waals surface area contributed by atoms with E-state index in [0.717, 1.165) is 0 Å². The molecule has 6 aliphatic rings. The Kier molecular flexibility index (Phi) is 20.1. The van der Waals surface area contributed by atoms with E-state index in [2.05, 4.69) is 334 Å². The standard InChI is InChI=1S/3C27H20.2C7H8.C6H6.2C2H6/c1-17-9-7-13-21-19-11-3-5-15-23(19)27(25(17)21)24-16-6-4-12-20(24)22-14-8-10-18(2)26(22)27;1-17-11-13-21-19-7-3-5-9-23(19)27(25(21)15-17)24-10-6-4-8-20(24)22-14-12-18(2)16-26(22)27;1-17-11-13-21-22-14-12-18(2)16-26(22)27(25(21)15-17)23-9-5-3-7-19(23)20-8-4-6-10-24(20)27;2*1-7-5-3-2-4-6-7;1-2-4-6-5-3-1;2*1-2/h3*3-16H,1-2H3;2*2-6H,1H3;1-6H;2*1-2H3. The molecule has 0 bridgehead atoms. The third kappa shape index (κ3) is 11.8. The average molecular weight is 1360 g/mol. The second-order valence-corrected chi connectivity index (χ2v) is 28.2. The number of benzene rings is 15. The van der Waals surface area contributed by atoms with Crippen LogP contribution in [0.1, 0.15) is 139 Å². The fraction of sp³-hybridized carbons (Fsp3) is 0.143. The van der Waals surface area contributed by atoms with Crippen molar-refractivity contribution in [3.63, 3.8) is 0 Å². The zero-order valence-electron chi connectivity index (χ0n) is 63.0. The molecule has 15 aromatic carbocycles. The second-order valence-electron chi connectivity index (χ2n) is 28.2. The average Bonchev–Trinajstić information content (AvgIpc) is 1.53. The zero-order chi connectivity index (χ0) is 73.0. The van der Waals surface area contributed by atoms with Gasteiger partial charge in [0, 0.05) is 0 Å². The van der Waals surface area contributed by atoms with E-state index >= 15 is 0 Å². The summed E-state index contributed by atoms with van der Waals surface area (Å²) in [6, 6.07) is 128. The second kappa shape index (κ2) is 29.9. The largest absolute Gasteiger partial charge is 0.0730 e. The highest BCUT2D eigenvalue weighted by Gasteiger charge is 2.55. The maximum absolute atomic E-state index is 2.41. The van der Waals surface area contributed by atoms with Crippen molar-refractivity contribution in [2.75, 3.05) is 0 Å². The van der Waals surface area contributed by atoms with Crippen molar-refractivity contribution in [3.05, 3.63) is 463 Å². The zero-order valence-corrected chi connectivity index (χ0v) is 63.0. The van der Waals surface area contributed by atoms with Crippen LogP contribution in [0.4, 0.5) is 0 Å². The summed E-state index contributed by atoms with van der Waals surface area (Å²) in [5.74, 6) is 0. The summed E-state index contributed by atoms with van der Waals surface area (Å²) >= 11 is 0. The topological polar surface area (TPSA) is 0 Å². The molecule has 3 spiro atoms. The number of rotatable bonds is 0. The molecule has 6 aliphatic carbocycles. The smallest absolute Gasteiger partial charge is 0.0683 e. The molecule has 0 saturated carbocycles. The molecule has 0 heterocycles. The summed E-state index contributed by atoms with van der Waals surface area (Å²) in [6.07, 6.45) is 0. The van der Waals surface area contributed by atoms with Gasteiger partial charge in [0.1, 0.15) is 0 Å². The van der Waals surface area contributed by atoms with Crippen LogP contribution in [0.5, 0.6) is 0 Å². The van der Waals surface area contributed by atoms with Crippen LogP contribution in [0.3, 0.4) is 0 Å². The van der Waals surface area contributed by atoms with Crippen LogP contribution in [0.2, 0.25) is 0 Å². The van der Waals surface area contributed by atoms with Gasteiger partial charge in [0.2, 0.25) is 0 Å². The van der Waals surface area contributed by atoms with E-state index in [4.69, 9.17) is 0 Å². The van der Waals surface area contributed by atoms with E-state index in [1.807, 2.05) is 100 Å². The van der Waals surface area contributed by atoms with Gasteiger partial charge in [-0.1, -0.05) is 413 Å². The first-order valence-electron chi connectivity index (χ1n) is 37.7. The quantitative estimate of drug-likeness (QED) is 0.142. The Hall–Kier alpha value is -11.7. The molecule has 0 fully saturated rings. The van der Waals surface area contributed by atoms with Crippen LogP contribution in [-0.4, -0.2) is 0 Å². The van der Waals surface area contributed by atoms with Gasteiger partial charge in [0.25, 0.3) is 0 Å². The highest BCUT2D eigenvalue weighted by Crippen LogP contribution is 2.66. The molecule has 21 rings (SSSR count). The molecule has 514 valence electrons. The van der Waals surface area contributed by atoms with Crippen LogP contribution in [0.15, 0.2) is 352 Å². The summed E-state index contributed by atoms with van der Waals surface area (Å²) in [5, 5.41) is 0. The number of hydrogen-bond acceptors (Lipinski definition) is 0. The third-order valence-corrected chi connectivity index (χ3v) is 21.9. The lowest BCUT2D eigenvalue weighted by molar-refractivity contribution is 0.779. The monoisotopic (exact) mass is 1350 g/mol. The summed E-state index contributed by atoms with van der Waals surface area (Å²) in [7, 11) is 0. The van der Waals surface area contributed by atoms with Gasteiger partial charge >= 0.3 is 0 Å². The Balaban J connectivity index is 0.000000114. The minimum absolute atomic E-state index is 0.199. The van der Waals surface area contributed by atoms with Crippen molar-refractivity contribution in [2.45, 2.75) is 99.3 Å². The highest BCUT2D eigenvalue weighted by atomic mass is 14.6. The maximum atomic E-state index is 2.41. The molecular formula is C105H94. The normalized spacial score (nSPS) is 13.0. The van der Waals surface area contributed by atoms with Gasteiger partial charge in [-0.3, -0.25) is 0 Å². The molecule has 0 unspecified atom stereocenters. The number of fused-ring (bicyclic) bond motifs is 30. The molecule has 0 aromatic heterocycles. The van der Waals surface area contributed by atoms with Gasteiger partial charge in [-0.25, -0.2) is 0 Å². The lowest BCUT2D eigenvalue weighted by Gasteiger charge is -2.32. The lowest BCUT2D eigenvalue weighted by atomic mass is 9.68. The van der Waals surface area contributed by atoms with Gasteiger partial charge in [0.15, 0.2) is 0 Å². The van der Waals surface area contributed by atoms with E-state index in [1.54, 1.807) is 0 Å². The van der Waals surface area contributed by atoms with Crippen molar-refractivity contribution >= 4 is 0 Å². The first kappa shape index (κ1) is 70.3. The molecule has 0 radical (unpaired) electrons. The molecule has 0 saturated heterocycles. The molecule has 0 atom stereocenters. The minimum atomic E-state index is -0.200. The SMILES string of the molecule is CC.CC.Cc1ccc2c(c1)C1(c3ccccc3-2)c2ccccc2-c2ccc(C)cc21.Cc1ccc2c(c1)C1(c3ccccc3-c3ccccc31)c1cc(C)ccc1-2.Cc1cccc2c1C1(c3ccccc3-2)c2ccccc2-c2cccc(C)c21.Cc1ccccc1.Cc1ccccc1.c1ccccc1. The Morgan fingerprint density at radius 1 is 0.143 bits per heavy atom. The van der Waals surface area contributed by atoms with Crippen LogP contribution >= 0.6 is 0 Å². The summed E-state index contributed by atoms with van der Waals surface area (Å²) in [6.45, 7) is 25.5. The molecule has 0 heteroatoms. The third-order valence-electron chi connectivity index (χ3n) is 21.9. The highest BCUT2D eigenvalue weighted by molar-refractivity contribution is 5.99. The molecule has 105 heavy (non-hydrogen) atoms. The van der Waals surface area contributed by atoms with E-state index in [0.29, 0.717) is 0 Å². The van der Waals surface area contributed by atoms with Crippen molar-refractivity contribution in [1.29, 1.82) is 0 Å². The number of aryl methyl sites for hydroxylation is 8. The van der Waals surface area contributed by atoms with Crippen LogP contribution < -0.4 is 0 Å². The van der Waals surface area contributed by atoms with Crippen LogP contribution in [0.25, 0.3) is 66.8 Å². The summed E-state index contributed by atoms with van der Waals surface area (Å²) < 4.78 is 0. The first-order valence-corrected chi connectivity index (χ1v) is 37.7. The van der Waals surface area contributed by atoms with Gasteiger partial charge < -0.3 is 0 Å². The van der Waals surface area contributed by atoms with Gasteiger partial charge in [-0.15, -0.1) is 0 Å². The molecule has 0 N–H and O–H groups in total. The minimum Gasteiger partial charge on any atom is -0.0683 e. The molecule has 0 amide bonds. The van der Waals surface area contributed by atoms with Crippen molar-refractivity contribution in [1.82, 2.24) is 0 Å². The van der Waals surface area contributed by atoms with E-state index < -0.39 is 0 Å².